The molecule has 0 saturated heterocycles. The van der Waals surface area contributed by atoms with Gasteiger partial charge in [-0.05, 0) is 68.3 Å². The molecule has 0 aliphatic carbocycles. The number of ether oxygens (including phenoxy) is 2. The maximum absolute atomic E-state index is 6.53. The monoisotopic (exact) mass is 762 g/mol. The number of methoxy groups -OCH3 is 1. The quantitative estimate of drug-likeness (QED) is 0.0961. The van der Waals surface area contributed by atoms with Crippen molar-refractivity contribution in [2.24, 2.45) is 0 Å². The fourth-order valence-corrected chi connectivity index (χ4v) is 7.76. The number of hydrogen-bond acceptors (Lipinski definition) is 7. The number of aromatic nitrogens is 6. The molecule has 0 atom stereocenters. The van der Waals surface area contributed by atoms with Crippen LogP contribution in [-0.2, 0) is 36.3 Å². The van der Waals surface area contributed by atoms with Gasteiger partial charge in [-0.25, -0.2) is 9.67 Å². The molecular weight excluding hydrogens is 717 g/mol. The van der Waals surface area contributed by atoms with Gasteiger partial charge in [0.25, 0.3) is 0 Å². The van der Waals surface area contributed by atoms with Crippen molar-refractivity contribution in [3.8, 4) is 28.4 Å². The Kier molecular flexibility index (Phi) is 11.6. The summed E-state index contributed by atoms with van der Waals surface area (Å²) in [6.07, 6.45) is 2.43. The molecule has 2 heterocycles. The van der Waals surface area contributed by atoms with Crippen molar-refractivity contribution in [3.05, 3.63) is 214 Å². The molecule has 0 saturated carbocycles. The van der Waals surface area contributed by atoms with E-state index >= 15 is 0 Å². The third kappa shape index (κ3) is 7.79. The van der Waals surface area contributed by atoms with E-state index in [0.717, 1.165) is 74.4 Å². The molecule has 0 amide bonds. The maximum atomic E-state index is 6.53. The first kappa shape index (κ1) is 38.1. The molecule has 8 heteroatoms. The van der Waals surface area contributed by atoms with Gasteiger partial charge in [-0.2, -0.15) is 4.98 Å². The van der Waals surface area contributed by atoms with E-state index < -0.39 is 5.54 Å². The number of aryl methyl sites for hydroxylation is 2. The van der Waals surface area contributed by atoms with E-state index in [1.807, 2.05) is 28.9 Å². The third-order valence-electron chi connectivity index (χ3n) is 10.6. The number of benzene rings is 6. The van der Waals surface area contributed by atoms with Gasteiger partial charge in [-0.3, -0.25) is 0 Å². The number of tetrazole rings is 1. The molecular formula is C50H46N6O2. The van der Waals surface area contributed by atoms with Crippen LogP contribution in [0.4, 0.5) is 0 Å². The second-order valence-corrected chi connectivity index (χ2v) is 14.4. The average molecular weight is 763 g/mol. The summed E-state index contributed by atoms with van der Waals surface area (Å²) in [6.45, 7) is 5.15. The minimum Gasteiger partial charge on any atom is -0.472 e. The second-order valence-electron chi connectivity index (χ2n) is 14.4. The molecule has 0 fully saturated rings. The van der Waals surface area contributed by atoms with Crippen LogP contribution in [0.5, 0.6) is 5.88 Å². The van der Waals surface area contributed by atoms with E-state index in [2.05, 4.69) is 159 Å². The summed E-state index contributed by atoms with van der Waals surface area (Å²) in [5.41, 5.74) is 10.5. The average Bonchev–Trinajstić information content (AvgIpc) is 3.76. The number of rotatable bonds is 15. The lowest BCUT2D eigenvalue weighted by Crippen LogP contribution is -2.39. The second kappa shape index (κ2) is 17.6. The lowest BCUT2D eigenvalue weighted by atomic mass is 9.77. The predicted molar refractivity (Wildman–Crippen MR) is 228 cm³/mol. The topological polar surface area (TPSA) is 87.8 Å². The Bertz CT molecular complexity index is 2460. The molecule has 8 nitrogen and oxygen atoms in total. The fourth-order valence-electron chi connectivity index (χ4n) is 7.76. The first-order valence-electron chi connectivity index (χ1n) is 19.8. The molecule has 0 aliphatic heterocycles. The summed E-state index contributed by atoms with van der Waals surface area (Å²) in [6, 6.07) is 56.7. The Morgan fingerprint density at radius 1 is 0.586 bits per heavy atom. The molecule has 0 unspecified atom stereocenters. The van der Waals surface area contributed by atoms with Gasteiger partial charge >= 0.3 is 0 Å². The van der Waals surface area contributed by atoms with E-state index in [-0.39, 0.29) is 0 Å². The van der Waals surface area contributed by atoms with Gasteiger partial charge in [0, 0.05) is 36.8 Å². The standard InChI is InChI=1S/C50H46N6O2/c1-4-16-47-51-36(2)46(33-37-25-27-38(28-26-37)34-57-3)49(52-47)58-35-39-29-31-40(32-30-39)44-23-14-15-24-45(44)48-53-54-55-56(48)50(41-17-8-5-9-18-41,42-19-10-6-11-20-42)43-21-12-7-13-22-43/h5-15,17-32H,4,16,33-35H2,1-3H3. The minimum absolute atomic E-state index is 0.371. The lowest BCUT2D eigenvalue weighted by Gasteiger charge is -2.36. The van der Waals surface area contributed by atoms with Crippen LogP contribution in [-0.4, -0.2) is 37.3 Å². The Morgan fingerprint density at radius 3 is 1.71 bits per heavy atom. The Labute approximate surface area is 340 Å². The van der Waals surface area contributed by atoms with Crippen LogP contribution in [0.1, 0.15) is 63.8 Å². The highest BCUT2D eigenvalue weighted by Gasteiger charge is 2.42. The van der Waals surface area contributed by atoms with E-state index in [9.17, 15) is 0 Å². The summed E-state index contributed by atoms with van der Waals surface area (Å²) >= 11 is 0. The van der Waals surface area contributed by atoms with Gasteiger partial charge in [0.05, 0.1) is 6.61 Å². The molecule has 0 N–H and O–H groups in total. The van der Waals surface area contributed by atoms with Crippen molar-refractivity contribution in [2.45, 2.75) is 51.9 Å². The summed E-state index contributed by atoms with van der Waals surface area (Å²) < 4.78 is 13.8. The highest BCUT2D eigenvalue weighted by molar-refractivity contribution is 5.81. The zero-order valence-electron chi connectivity index (χ0n) is 33.1. The molecule has 0 bridgehead atoms. The smallest absolute Gasteiger partial charge is 0.220 e. The molecule has 0 aliphatic rings. The fraction of sp³-hybridized carbons (Fsp3) is 0.180. The van der Waals surface area contributed by atoms with Crippen LogP contribution in [0, 0.1) is 6.92 Å². The molecule has 2 aromatic heterocycles. The SMILES string of the molecule is CCCc1nc(C)c(Cc2ccc(COC)cc2)c(OCc2ccc(-c3ccccc3-c3nnnn3C(c3ccccc3)(c3ccccc3)c3ccccc3)cc2)n1. The zero-order chi connectivity index (χ0) is 39.7. The highest BCUT2D eigenvalue weighted by Crippen LogP contribution is 2.43. The van der Waals surface area contributed by atoms with Gasteiger partial charge in [0.2, 0.25) is 5.88 Å². The molecule has 0 radical (unpaired) electrons. The zero-order valence-corrected chi connectivity index (χ0v) is 33.1. The summed E-state index contributed by atoms with van der Waals surface area (Å²) in [5, 5.41) is 13.9. The van der Waals surface area contributed by atoms with Crippen molar-refractivity contribution in [2.75, 3.05) is 7.11 Å². The Hall–Kier alpha value is -6.77. The van der Waals surface area contributed by atoms with Crippen LogP contribution in [0.3, 0.4) is 0 Å². The summed E-state index contributed by atoms with van der Waals surface area (Å²) in [7, 11) is 1.71. The van der Waals surface area contributed by atoms with Gasteiger partial charge in [0.1, 0.15) is 18.0 Å². The third-order valence-corrected chi connectivity index (χ3v) is 10.6. The highest BCUT2D eigenvalue weighted by atomic mass is 16.5. The van der Waals surface area contributed by atoms with E-state index in [4.69, 9.17) is 29.8 Å². The van der Waals surface area contributed by atoms with Crippen LogP contribution in [0.15, 0.2) is 164 Å². The maximum Gasteiger partial charge on any atom is 0.220 e. The largest absolute Gasteiger partial charge is 0.472 e. The first-order chi connectivity index (χ1) is 28.6. The van der Waals surface area contributed by atoms with Crippen molar-refractivity contribution >= 4 is 0 Å². The normalized spacial score (nSPS) is 11.4. The van der Waals surface area contributed by atoms with Crippen LogP contribution in [0.2, 0.25) is 0 Å². The molecule has 8 rings (SSSR count). The Morgan fingerprint density at radius 2 is 1.12 bits per heavy atom. The van der Waals surface area contributed by atoms with Gasteiger partial charge in [0.15, 0.2) is 5.82 Å². The minimum atomic E-state index is -0.862. The van der Waals surface area contributed by atoms with Gasteiger partial charge in [-0.15, -0.1) is 5.10 Å². The van der Waals surface area contributed by atoms with E-state index in [1.54, 1.807) is 7.11 Å². The van der Waals surface area contributed by atoms with E-state index in [0.29, 0.717) is 31.3 Å². The van der Waals surface area contributed by atoms with Gasteiger partial charge in [-0.1, -0.05) is 171 Å². The Balaban J connectivity index is 1.12. The van der Waals surface area contributed by atoms with Gasteiger partial charge < -0.3 is 9.47 Å². The number of nitrogens with zero attached hydrogens (tertiary/aromatic N) is 6. The van der Waals surface area contributed by atoms with Crippen molar-refractivity contribution in [3.63, 3.8) is 0 Å². The van der Waals surface area contributed by atoms with Crippen LogP contribution in [0.25, 0.3) is 22.5 Å². The first-order valence-corrected chi connectivity index (χ1v) is 19.8. The van der Waals surface area contributed by atoms with E-state index in [1.165, 1.54) is 5.56 Å². The van der Waals surface area contributed by atoms with Crippen molar-refractivity contribution < 1.29 is 9.47 Å². The van der Waals surface area contributed by atoms with Crippen LogP contribution < -0.4 is 4.74 Å². The van der Waals surface area contributed by atoms with Crippen LogP contribution >= 0.6 is 0 Å². The van der Waals surface area contributed by atoms with Crippen molar-refractivity contribution in [1.82, 2.24) is 30.2 Å². The lowest BCUT2D eigenvalue weighted by molar-refractivity contribution is 0.185. The molecule has 8 aromatic rings. The molecule has 6 aromatic carbocycles. The van der Waals surface area contributed by atoms with Crippen molar-refractivity contribution in [1.29, 1.82) is 0 Å². The molecule has 288 valence electrons. The molecule has 0 spiro atoms. The summed E-state index contributed by atoms with van der Waals surface area (Å²) in [5.74, 6) is 2.10. The number of hydrogen-bond donors (Lipinski definition) is 0. The predicted octanol–water partition coefficient (Wildman–Crippen LogP) is 10.2. The molecule has 58 heavy (non-hydrogen) atoms. The summed E-state index contributed by atoms with van der Waals surface area (Å²) in [4.78, 5) is 9.75.